The normalized spacial score (nSPS) is 23.6. The molecule has 3 aromatic rings. The maximum atomic E-state index is 13.5. The van der Waals surface area contributed by atoms with Crippen molar-refractivity contribution in [2.24, 2.45) is 5.92 Å². The van der Waals surface area contributed by atoms with Gasteiger partial charge in [-0.25, -0.2) is 9.18 Å². The number of hydrogen-bond donors (Lipinski definition) is 2. The van der Waals surface area contributed by atoms with E-state index in [9.17, 15) is 19.1 Å². The number of hydrogen-bond acceptors (Lipinski definition) is 5. The molecule has 3 aliphatic rings. The molecule has 3 saturated heterocycles. The van der Waals surface area contributed by atoms with Crippen molar-refractivity contribution in [3.05, 3.63) is 95.8 Å². The molecule has 3 heterocycles. The first kappa shape index (κ1) is 24.0. The molecule has 0 radical (unpaired) electrons. The molecule has 3 fully saturated rings. The van der Waals surface area contributed by atoms with Gasteiger partial charge in [-0.15, -0.1) is 0 Å². The van der Waals surface area contributed by atoms with Crippen LogP contribution in [-0.4, -0.2) is 53.6 Å². The molecule has 0 aliphatic carbocycles. The van der Waals surface area contributed by atoms with E-state index < -0.39 is 6.04 Å². The molecule has 2 bridgehead atoms. The van der Waals surface area contributed by atoms with Crippen LogP contribution in [0.4, 0.5) is 10.1 Å². The molecular weight excluding hydrogens is 459 g/mol. The Bertz CT molecular complexity index is 1220. The van der Waals surface area contributed by atoms with E-state index in [2.05, 4.69) is 5.32 Å². The molecular formula is C29H30FN2O4+. The Morgan fingerprint density at radius 1 is 1.00 bits per heavy atom. The number of Topliss-reactive ketones (excluding diaryl/α,β-unsaturated/α-hetero) is 1. The number of quaternary nitrogens is 1. The zero-order valence-corrected chi connectivity index (χ0v) is 20.0. The quantitative estimate of drug-likeness (QED) is 0.272. The van der Waals surface area contributed by atoms with E-state index in [1.54, 1.807) is 30.3 Å². The third kappa shape index (κ3) is 5.26. The largest absolute Gasteiger partial charge is 0.508 e. The number of benzene rings is 3. The molecule has 2 N–H and O–H groups in total. The SMILES string of the molecule is O=C(C[N+]12CCC(CC1)[C@@H](OC(=O)C(Nc1ccc(F)cc1)c1ccccc1)C2)c1cccc(O)c1. The van der Waals surface area contributed by atoms with Crippen molar-refractivity contribution in [1.82, 2.24) is 0 Å². The molecule has 2 atom stereocenters. The van der Waals surface area contributed by atoms with Gasteiger partial charge < -0.3 is 19.6 Å². The van der Waals surface area contributed by atoms with Gasteiger partial charge in [0, 0.05) is 30.0 Å². The summed E-state index contributed by atoms with van der Waals surface area (Å²) in [6.07, 6.45) is 1.51. The summed E-state index contributed by atoms with van der Waals surface area (Å²) in [5.41, 5.74) is 1.88. The van der Waals surface area contributed by atoms with Crippen molar-refractivity contribution in [1.29, 1.82) is 0 Å². The van der Waals surface area contributed by atoms with Crippen LogP contribution in [0.2, 0.25) is 0 Å². The van der Waals surface area contributed by atoms with Crippen LogP contribution in [0.3, 0.4) is 0 Å². The number of carbonyl (C=O) groups is 2. The molecule has 0 amide bonds. The fraction of sp³-hybridized carbons (Fsp3) is 0.310. The summed E-state index contributed by atoms with van der Waals surface area (Å²) in [6, 6.07) is 20.9. The smallest absolute Gasteiger partial charge is 0.333 e. The number of nitrogens with one attached hydrogen (secondary N) is 1. The highest BCUT2D eigenvalue weighted by Crippen LogP contribution is 2.37. The zero-order chi connectivity index (χ0) is 25.1. The third-order valence-electron chi connectivity index (χ3n) is 7.48. The summed E-state index contributed by atoms with van der Waals surface area (Å²) in [5.74, 6) is -0.406. The van der Waals surface area contributed by atoms with Gasteiger partial charge in [-0.2, -0.15) is 0 Å². The minimum Gasteiger partial charge on any atom is -0.508 e. The van der Waals surface area contributed by atoms with Crippen molar-refractivity contribution in [3.63, 3.8) is 0 Å². The van der Waals surface area contributed by atoms with Gasteiger partial charge in [-0.05, 0) is 42.0 Å². The van der Waals surface area contributed by atoms with Crippen LogP contribution in [0.5, 0.6) is 5.75 Å². The fourth-order valence-electron chi connectivity index (χ4n) is 5.51. The van der Waals surface area contributed by atoms with Gasteiger partial charge >= 0.3 is 5.97 Å². The summed E-state index contributed by atoms with van der Waals surface area (Å²) < 4.78 is 20.1. The maximum absolute atomic E-state index is 13.5. The van der Waals surface area contributed by atoms with Gasteiger partial charge in [-0.3, -0.25) is 4.79 Å². The van der Waals surface area contributed by atoms with E-state index in [1.807, 2.05) is 30.3 Å². The lowest BCUT2D eigenvalue weighted by Gasteiger charge is -2.51. The van der Waals surface area contributed by atoms with Crippen LogP contribution >= 0.6 is 0 Å². The van der Waals surface area contributed by atoms with E-state index >= 15 is 0 Å². The van der Waals surface area contributed by atoms with Crippen LogP contribution in [0, 0.1) is 11.7 Å². The summed E-state index contributed by atoms with van der Waals surface area (Å²) in [4.78, 5) is 26.5. The minimum absolute atomic E-state index is 0.0172. The molecule has 186 valence electrons. The van der Waals surface area contributed by atoms with Gasteiger partial charge in [0.1, 0.15) is 24.7 Å². The molecule has 7 heteroatoms. The van der Waals surface area contributed by atoms with Crippen molar-refractivity contribution >= 4 is 17.4 Å². The number of halogens is 1. The van der Waals surface area contributed by atoms with Crippen LogP contribution in [-0.2, 0) is 9.53 Å². The number of ketones is 1. The average Bonchev–Trinajstić information content (AvgIpc) is 2.89. The van der Waals surface area contributed by atoms with Crippen molar-refractivity contribution in [2.75, 3.05) is 31.5 Å². The number of anilines is 1. The zero-order valence-electron chi connectivity index (χ0n) is 20.0. The lowest BCUT2D eigenvalue weighted by atomic mass is 9.82. The number of esters is 1. The lowest BCUT2D eigenvalue weighted by molar-refractivity contribution is -0.938. The monoisotopic (exact) mass is 489 g/mol. The molecule has 0 aromatic heterocycles. The van der Waals surface area contributed by atoms with E-state index in [1.165, 1.54) is 18.2 Å². The Morgan fingerprint density at radius 2 is 1.72 bits per heavy atom. The Balaban J connectivity index is 1.31. The topological polar surface area (TPSA) is 75.6 Å². The first-order valence-corrected chi connectivity index (χ1v) is 12.4. The number of ether oxygens (including phenoxy) is 1. The molecule has 6 rings (SSSR count). The molecule has 1 unspecified atom stereocenters. The highest BCUT2D eigenvalue weighted by Gasteiger charge is 2.49. The molecule has 36 heavy (non-hydrogen) atoms. The standard InChI is InChI=1S/C29H29FN2O4/c30-23-9-11-24(12-10-23)31-28(21-5-2-1-3-6-21)29(35)36-27-19-32(15-13-20(27)14-16-32)18-26(34)22-7-4-8-25(33)17-22/h1-12,17,20,27-28,31H,13-16,18-19H2/p+1/t20?,27-,28?,32?/m0/s1. The fourth-order valence-corrected chi connectivity index (χ4v) is 5.51. The number of carbonyl (C=O) groups excluding carboxylic acids is 2. The third-order valence-corrected chi connectivity index (χ3v) is 7.48. The Hall–Kier alpha value is -3.71. The van der Waals surface area contributed by atoms with E-state index in [0.29, 0.717) is 28.8 Å². The second-order valence-corrected chi connectivity index (χ2v) is 9.91. The first-order valence-electron chi connectivity index (χ1n) is 12.4. The predicted molar refractivity (Wildman–Crippen MR) is 134 cm³/mol. The second-order valence-electron chi connectivity index (χ2n) is 9.91. The van der Waals surface area contributed by atoms with Gasteiger partial charge in [0.2, 0.25) is 5.78 Å². The second kappa shape index (κ2) is 10.1. The highest BCUT2D eigenvalue weighted by atomic mass is 19.1. The summed E-state index contributed by atoms with van der Waals surface area (Å²) in [7, 11) is 0. The number of aromatic hydroxyl groups is 1. The first-order chi connectivity index (χ1) is 17.4. The van der Waals surface area contributed by atoms with E-state index in [4.69, 9.17) is 4.74 Å². The minimum atomic E-state index is -0.741. The average molecular weight is 490 g/mol. The van der Waals surface area contributed by atoms with Crippen molar-refractivity contribution in [2.45, 2.75) is 25.0 Å². The van der Waals surface area contributed by atoms with Crippen LogP contribution in [0.25, 0.3) is 0 Å². The van der Waals surface area contributed by atoms with Crippen LogP contribution < -0.4 is 5.32 Å². The molecule has 0 spiro atoms. The predicted octanol–water partition coefficient (Wildman–Crippen LogP) is 4.72. The number of fused-ring (bicyclic) bond motifs is 3. The number of piperidine rings is 3. The Morgan fingerprint density at radius 3 is 2.42 bits per heavy atom. The summed E-state index contributed by atoms with van der Waals surface area (Å²) in [6.45, 7) is 2.66. The number of rotatable bonds is 8. The number of phenolic OH excluding ortho intramolecular Hbond substituents is 1. The van der Waals surface area contributed by atoms with E-state index in [-0.39, 0.29) is 35.3 Å². The van der Waals surface area contributed by atoms with Gasteiger partial charge in [0.15, 0.2) is 12.1 Å². The summed E-state index contributed by atoms with van der Waals surface area (Å²) >= 11 is 0. The summed E-state index contributed by atoms with van der Waals surface area (Å²) in [5, 5.41) is 13.0. The highest BCUT2D eigenvalue weighted by molar-refractivity contribution is 5.97. The molecule has 0 saturated carbocycles. The van der Waals surface area contributed by atoms with Crippen LogP contribution in [0.15, 0.2) is 78.9 Å². The Kier molecular flexibility index (Phi) is 6.74. The lowest BCUT2D eigenvalue weighted by Crippen LogP contribution is -2.65. The molecule has 3 aliphatic heterocycles. The van der Waals surface area contributed by atoms with Crippen molar-refractivity contribution in [3.8, 4) is 5.75 Å². The van der Waals surface area contributed by atoms with Crippen molar-refractivity contribution < 1.29 is 28.3 Å². The number of phenols is 1. The number of nitrogens with zero attached hydrogens (tertiary/aromatic N) is 1. The van der Waals surface area contributed by atoms with Gasteiger partial charge in [0.25, 0.3) is 0 Å². The van der Waals surface area contributed by atoms with E-state index in [0.717, 1.165) is 31.5 Å². The maximum Gasteiger partial charge on any atom is 0.333 e. The van der Waals surface area contributed by atoms with Crippen LogP contribution in [0.1, 0.15) is 34.8 Å². The molecule has 6 nitrogen and oxygen atoms in total. The van der Waals surface area contributed by atoms with Gasteiger partial charge in [0.05, 0.1) is 13.1 Å². The molecule has 3 aromatic carbocycles. The Labute approximate surface area is 209 Å². The van der Waals surface area contributed by atoms with Gasteiger partial charge in [-0.1, -0.05) is 42.5 Å².